The van der Waals surface area contributed by atoms with Crippen LogP contribution in [0.3, 0.4) is 0 Å². The van der Waals surface area contributed by atoms with Gasteiger partial charge in [0.1, 0.15) is 0 Å². The van der Waals surface area contributed by atoms with Gasteiger partial charge in [-0.2, -0.15) is 14.9 Å². The van der Waals surface area contributed by atoms with Gasteiger partial charge in [0.15, 0.2) is 0 Å². The molecule has 0 unspecified atom stereocenters. The molecule has 1 aromatic heterocycles. The average molecular weight is 256 g/mol. The van der Waals surface area contributed by atoms with Crippen molar-refractivity contribution in [2.45, 2.75) is 13.8 Å². The molecule has 6 nitrogen and oxygen atoms in total. The van der Waals surface area contributed by atoms with Gasteiger partial charge in [0.05, 0.1) is 17.3 Å². The molecule has 0 atom stereocenters. The average Bonchev–Trinajstić information content (AvgIpc) is 2.78. The van der Waals surface area contributed by atoms with Crippen molar-refractivity contribution in [1.29, 1.82) is 5.26 Å². The molecule has 0 saturated heterocycles. The lowest BCUT2D eigenvalue weighted by atomic mass is 10.2. The summed E-state index contributed by atoms with van der Waals surface area (Å²) in [6.45, 7) is 4.98. The Labute approximate surface area is 111 Å². The zero-order valence-corrected chi connectivity index (χ0v) is 11.0. The van der Waals surface area contributed by atoms with Gasteiger partial charge in [-0.1, -0.05) is 19.9 Å². The summed E-state index contributed by atoms with van der Waals surface area (Å²) in [5, 5.41) is 16.3. The standard InChI is InChI=1S/C13H16N6/c1-9(2)8-16-13-17-12(15)19(18-13)11-5-3-4-10(6-11)7-14/h3-6,9H,8H2,1-2H3,(H3,15,16,17,18). The SMILES string of the molecule is CC(C)CNc1nc(N)n(-c2cccc(C#N)c2)n1. The van der Waals surface area contributed by atoms with Crippen molar-refractivity contribution in [2.75, 3.05) is 17.6 Å². The van der Waals surface area contributed by atoms with E-state index in [1.165, 1.54) is 4.68 Å². The van der Waals surface area contributed by atoms with E-state index in [2.05, 4.69) is 35.3 Å². The maximum atomic E-state index is 8.89. The molecule has 0 bridgehead atoms. The molecule has 0 spiro atoms. The molecule has 3 N–H and O–H groups in total. The molecule has 0 aliphatic heterocycles. The monoisotopic (exact) mass is 256 g/mol. The maximum absolute atomic E-state index is 8.89. The van der Waals surface area contributed by atoms with E-state index in [0.717, 1.165) is 12.2 Å². The number of benzene rings is 1. The molecule has 0 amide bonds. The number of aromatic nitrogens is 3. The predicted molar refractivity (Wildman–Crippen MR) is 73.8 cm³/mol. The first-order chi connectivity index (χ1) is 9.10. The van der Waals surface area contributed by atoms with Gasteiger partial charge in [-0.05, 0) is 24.1 Å². The second kappa shape index (κ2) is 5.40. The number of nitrogen functional groups attached to an aromatic ring is 1. The minimum Gasteiger partial charge on any atom is -0.368 e. The Morgan fingerprint density at radius 2 is 2.26 bits per heavy atom. The lowest BCUT2D eigenvalue weighted by Gasteiger charge is -2.04. The molecule has 98 valence electrons. The first kappa shape index (κ1) is 12.9. The van der Waals surface area contributed by atoms with Gasteiger partial charge in [0, 0.05) is 6.54 Å². The van der Waals surface area contributed by atoms with Crippen LogP contribution in [-0.2, 0) is 0 Å². The maximum Gasteiger partial charge on any atom is 0.244 e. The van der Waals surface area contributed by atoms with E-state index in [9.17, 15) is 0 Å². The summed E-state index contributed by atoms with van der Waals surface area (Å²) >= 11 is 0. The summed E-state index contributed by atoms with van der Waals surface area (Å²) in [7, 11) is 0. The Kier molecular flexibility index (Phi) is 3.66. The smallest absolute Gasteiger partial charge is 0.244 e. The fraction of sp³-hybridized carbons (Fsp3) is 0.308. The van der Waals surface area contributed by atoms with Gasteiger partial charge in [-0.3, -0.25) is 0 Å². The van der Waals surface area contributed by atoms with Gasteiger partial charge < -0.3 is 11.1 Å². The van der Waals surface area contributed by atoms with Gasteiger partial charge in [0.25, 0.3) is 0 Å². The fourth-order valence-corrected chi connectivity index (χ4v) is 1.59. The molecular weight excluding hydrogens is 240 g/mol. The minimum absolute atomic E-state index is 0.293. The van der Waals surface area contributed by atoms with Gasteiger partial charge in [0.2, 0.25) is 11.9 Å². The van der Waals surface area contributed by atoms with Crippen molar-refractivity contribution in [3.63, 3.8) is 0 Å². The van der Waals surface area contributed by atoms with E-state index in [-0.39, 0.29) is 0 Å². The van der Waals surface area contributed by atoms with Gasteiger partial charge >= 0.3 is 0 Å². The summed E-state index contributed by atoms with van der Waals surface area (Å²) in [6.07, 6.45) is 0. The molecule has 2 rings (SSSR count). The van der Waals surface area contributed by atoms with Gasteiger partial charge in [-0.25, -0.2) is 0 Å². The molecule has 0 fully saturated rings. The molecular formula is C13H16N6. The predicted octanol–water partition coefficient (Wildman–Crippen LogP) is 1.79. The molecule has 1 heterocycles. The van der Waals surface area contributed by atoms with Crippen molar-refractivity contribution in [3.05, 3.63) is 29.8 Å². The highest BCUT2D eigenvalue weighted by atomic mass is 15.4. The van der Waals surface area contributed by atoms with E-state index in [4.69, 9.17) is 11.0 Å². The number of nitriles is 1. The van der Waals surface area contributed by atoms with E-state index in [0.29, 0.717) is 23.4 Å². The largest absolute Gasteiger partial charge is 0.368 e. The van der Waals surface area contributed by atoms with Crippen LogP contribution in [0.4, 0.5) is 11.9 Å². The quantitative estimate of drug-likeness (QED) is 0.870. The highest BCUT2D eigenvalue weighted by Crippen LogP contribution is 2.15. The lowest BCUT2D eigenvalue weighted by molar-refractivity contribution is 0.684. The molecule has 6 heteroatoms. The number of hydrogen-bond donors (Lipinski definition) is 2. The topological polar surface area (TPSA) is 92.5 Å². The van der Waals surface area contributed by atoms with Crippen LogP contribution in [0.5, 0.6) is 0 Å². The van der Waals surface area contributed by atoms with Crippen LogP contribution in [0.1, 0.15) is 19.4 Å². The third-order valence-corrected chi connectivity index (χ3v) is 2.52. The van der Waals surface area contributed by atoms with E-state index >= 15 is 0 Å². The number of nitrogens with zero attached hydrogens (tertiary/aromatic N) is 4. The molecule has 0 saturated carbocycles. The fourth-order valence-electron chi connectivity index (χ4n) is 1.59. The van der Waals surface area contributed by atoms with Gasteiger partial charge in [-0.15, -0.1) is 5.10 Å². The van der Waals surface area contributed by atoms with Crippen molar-refractivity contribution in [3.8, 4) is 11.8 Å². The van der Waals surface area contributed by atoms with Crippen molar-refractivity contribution >= 4 is 11.9 Å². The Hall–Kier alpha value is -2.55. The molecule has 2 aromatic rings. The highest BCUT2D eigenvalue weighted by Gasteiger charge is 2.09. The molecule has 0 aliphatic carbocycles. The van der Waals surface area contributed by atoms with Crippen LogP contribution in [0.2, 0.25) is 0 Å². The molecule has 1 aromatic carbocycles. The highest BCUT2D eigenvalue weighted by molar-refractivity contribution is 5.46. The number of rotatable bonds is 4. The second-order valence-corrected chi connectivity index (χ2v) is 4.64. The number of hydrogen-bond acceptors (Lipinski definition) is 5. The number of nitrogens with one attached hydrogen (secondary N) is 1. The summed E-state index contributed by atoms with van der Waals surface area (Å²) < 4.78 is 1.52. The Morgan fingerprint density at radius 1 is 1.47 bits per heavy atom. The zero-order chi connectivity index (χ0) is 13.8. The third-order valence-electron chi connectivity index (χ3n) is 2.52. The Balaban J connectivity index is 2.27. The van der Waals surface area contributed by atoms with Crippen LogP contribution >= 0.6 is 0 Å². The Morgan fingerprint density at radius 3 is 2.95 bits per heavy atom. The van der Waals surface area contributed by atoms with E-state index in [1.807, 2.05) is 6.07 Å². The van der Waals surface area contributed by atoms with Crippen LogP contribution in [-0.4, -0.2) is 21.3 Å². The van der Waals surface area contributed by atoms with E-state index < -0.39 is 0 Å². The first-order valence-corrected chi connectivity index (χ1v) is 6.07. The number of nitrogens with two attached hydrogens (primary N) is 1. The normalized spacial score (nSPS) is 10.4. The van der Waals surface area contributed by atoms with Crippen molar-refractivity contribution < 1.29 is 0 Å². The molecule has 0 radical (unpaired) electrons. The summed E-state index contributed by atoms with van der Waals surface area (Å²) in [5.74, 6) is 1.28. The summed E-state index contributed by atoms with van der Waals surface area (Å²) in [5.41, 5.74) is 7.12. The first-order valence-electron chi connectivity index (χ1n) is 6.07. The zero-order valence-electron chi connectivity index (χ0n) is 11.0. The summed E-state index contributed by atoms with van der Waals surface area (Å²) in [6, 6.07) is 9.16. The van der Waals surface area contributed by atoms with Crippen LogP contribution < -0.4 is 11.1 Å². The van der Waals surface area contributed by atoms with Crippen molar-refractivity contribution in [1.82, 2.24) is 14.8 Å². The van der Waals surface area contributed by atoms with Crippen LogP contribution in [0.15, 0.2) is 24.3 Å². The van der Waals surface area contributed by atoms with Crippen LogP contribution in [0, 0.1) is 17.2 Å². The summed E-state index contributed by atoms with van der Waals surface area (Å²) in [4.78, 5) is 4.15. The lowest BCUT2D eigenvalue weighted by Crippen LogP contribution is -2.09. The Bertz CT molecular complexity index is 608. The van der Waals surface area contributed by atoms with E-state index in [1.54, 1.807) is 18.2 Å². The molecule has 0 aliphatic rings. The van der Waals surface area contributed by atoms with Crippen LogP contribution in [0.25, 0.3) is 5.69 Å². The third kappa shape index (κ3) is 3.01. The second-order valence-electron chi connectivity index (χ2n) is 4.64. The minimum atomic E-state index is 0.293. The number of anilines is 2. The molecule has 19 heavy (non-hydrogen) atoms. The van der Waals surface area contributed by atoms with Crippen molar-refractivity contribution in [2.24, 2.45) is 5.92 Å².